The molecule has 0 N–H and O–H groups in total. The number of rotatable bonds is 5. The number of para-hydroxylation sites is 1. The minimum absolute atomic E-state index is 0.963. The molecule has 0 radical (unpaired) electrons. The Morgan fingerprint density at radius 2 is 1.47 bits per heavy atom. The molecule has 0 aliphatic rings. The van der Waals surface area contributed by atoms with Gasteiger partial charge in [0.05, 0.1) is 0 Å². The van der Waals surface area contributed by atoms with Gasteiger partial charge in [0.1, 0.15) is 0 Å². The molecule has 0 atom stereocenters. The fourth-order valence-electron chi connectivity index (χ4n) is 1.39. The van der Waals surface area contributed by atoms with E-state index in [1.165, 1.54) is 5.69 Å². The van der Waals surface area contributed by atoms with E-state index in [0.717, 1.165) is 13.1 Å². The maximum absolute atomic E-state index is 2.33. The SMILES string of the molecule is C/C=C/CN(C/C=C/C)c1ccccc1. The first-order valence-electron chi connectivity index (χ1n) is 5.40. The summed E-state index contributed by atoms with van der Waals surface area (Å²) in [5, 5.41) is 0. The molecular formula is C14H19N. The molecule has 0 heterocycles. The summed E-state index contributed by atoms with van der Waals surface area (Å²) < 4.78 is 0. The van der Waals surface area contributed by atoms with Gasteiger partial charge in [-0.25, -0.2) is 0 Å². The number of benzene rings is 1. The molecular weight excluding hydrogens is 182 g/mol. The summed E-state index contributed by atoms with van der Waals surface area (Å²) in [6, 6.07) is 10.5. The zero-order chi connectivity index (χ0) is 10.9. The maximum atomic E-state index is 2.33. The van der Waals surface area contributed by atoms with Crippen molar-refractivity contribution < 1.29 is 0 Å². The van der Waals surface area contributed by atoms with Crippen molar-refractivity contribution in [3.05, 3.63) is 54.6 Å². The molecule has 1 aromatic rings. The highest BCUT2D eigenvalue weighted by molar-refractivity contribution is 5.47. The third-order valence-electron chi connectivity index (χ3n) is 2.24. The van der Waals surface area contributed by atoms with Gasteiger partial charge in [-0.05, 0) is 26.0 Å². The molecule has 80 valence electrons. The van der Waals surface area contributed by atoms with Gasteiger partial charge in [0.2, 0.25) is 0 Å². The quantitative estimate of drug-likeness (QED) is 0.657. The molecule has 0 saturated carbocycles. The van der Waals surface area contributed by atoms with E-state index in [9.17, 15) is 0 Å². The van der Waals surface area contributed by atoms with Gasteiger partial charge >= 0.3 is 0 Å². The molecule has 0 unspecified atom stereocenters. The summed E-state index contributed by atoms with van der Waals surface area (Å²) in [7, 11) is 0. The first-order chi connectivity index (χ1) is 7.38. The fraction of sp³-hybridized carbons (Fsp3) is 0.286. The summed E-state index contributed by atoms with van der Waals surface area (Å²) >= 11 is 0. The summed E-state index contributed by atoms with van der Waals surface area (Å²) in [6.45, 7) is 6.04. The molecule has 15 heavy (non-hydrogen) atoms. The minimum Gasteiger partial charge on any atom is -0.364 e. The van der Waals surface area contributed by atoms with E-state index >= 15 is 0 Å². The van der Waals surface area contributed by atoms with Crippen LogP contribution in [0.15, 0.2) is 54.6 Å². The van der Waals surface area contributed by atoms with Crippen molar-refractivity contribution in [1.29, 1.82) is 0 Å². The van der Waals surface area contributed by atoms with Crippen LogP contribution in [0.5, 0.6) is 0 Å². The van der Waals surface area contributed by atoms with Crippen LogP contribution in [0.3, 0.4) is 0 Å². The maximum Gasteiger partial charge on any atom is 0.0371 e. The van der Waals surface area contributed by atoms with E-state index in [-0.39, 0.29) is 0 Å². The van der Waals surface area contributed by atoms with Gasteiger partial charge in [-0.1, -0.05) is 42.5 Å². The largest absolute Gasteiger partial charge is 0.364 e. The Hall–Kier alpha value is -1.50. The van der Waals surface area contributed by atoms with E-state index < -0.39 is 0 Å². The van der Waals surface area contributed by atoms with Crippen LogP contribution in [-0.4, -0.2) is 13.1 Å². The average molecular weight is 201 g/mol. The van der Waals surface area contributed by atoms with Crippen molar-refractivity contribution in [2.75, 3.05) is 18.0 Å². The second-order valence-corrected chi connectivity index (χ2v) is 3.38. The van der Waals surface area contributed by atoms with Gasteiger partial charge < -0.3 is 4.90 Å². The normalized spacial score (nSPS) is 11.3. The number of hydrogen-bond donors (Lipinski definition) is 0. The fourth-order valence-corrected chi connectivity index (χ4v) is 1.39. The van der Waals surface area contributed by atoms with Crippen LogP contribution in [0.2, 0.25) is 0 Å². The van der Waals surface area contributed by atoms with Crippen LogP contribution in [0, 0.1) is 0 Å². The standard InChI is InChI=1S/C14H19N/c1-3-5-12-15(13-6-4-2)14-10-8-7-9-11-14/h3-11H,12-13H2,1-2H3/b5-3+,6-4+. The first kappa shape index (κ1) is 11.6. The van der Waals surface area contributed by atoms with Gasteiger partial charge in [-0.2, -0.15) is 0 Å². The molecule has 0 saturated heterocycles. The summed E-state index contributed by atoms with van der Waals surface area (Å²) in [5.74, 6) is 0. The van der Waals surface area contributed by atoms with Gasteiger partial charge in [0, 0.05) is 18.8 Å². The first-order valence-corrected chi connectivity index (χ1v) is 5.40. The average Bonchev–Trinajstić information content (AvgIpc) is 2.30. The van der Waals surface area contributed by atoms with Gasteiger partial charge in [-0.15, -0.1) is 0 Å². The monoisotopic (exact) mass is 201 g/mol. The van der Waals surface area contributed by atoms with Crippen molar-refractivity contribution in [3.63, 3.8) is 0 Å². The van der Waals surface area contributed by atoms with Crippen molar-refractivity contribution >= 4 is 5.69 Å². The Bertz CT molecular complexity index is 297. The van der Waals surface area contributed by atoms with Crippen molar-refractivity contribution in [1.82, 2.24) is 0 Å². The highest BCUT2D eigenvalue weighted by atomic mass is 15.1. The lowest BCUT2D eigenvalue weighted by molar-refractivity contribution is 0.952. The van der Waals surface area contributed by atoms with Crippen LogP contribution in [0.1, 0.15) is 13.8 Å². The highest BCUT2D eigenvalue weighted by Gasteiger charge is 2.00. The molecule has 1 nitrogen and oxygen atoms in total. The highest BCUT2D eigenvalue weighted by Crippen LogP contribution is 2.12. The topological polar surface area (TPSA) is 3.24 Å². The number of anilines is 1. The lowest BCUT2D eigenvalue weighted by atomic mass is 10.2. The van der Waals surface area contributed by atoms with Gasteiger partial charge in [-0.3, -0.25) is 0 Å². The van der Waals surface area contributed by atoms with E-state index in [4.69, 9.17) is 0 Å². The lowest BCUT2D eigenvalue weighted by Crippen LogP contribution is -2.23. The number of allylic oxidation sites excluding steroid dienone is 2. The molecule has 0 amide bonds. The second-order valence-electron chi connectivity index (χ2n) is 3.38. The molecule has 0 bridgehead atoms. The molecule has 1 heteroatoms. The van der Waals surface area contributed by atoms with Crippen LogP contribution in [0.4, 0.5) is 5.69 Å². The molecule has 0 fully saturated rings. The van der Waals surface area contributed by atoms with Crippen LogP contribution in [0.25, 0.3) is 0 Å². The Morgan fingerprint density at radius 1 is 0.933 bits per heavy atom. The van der Waals surface area contributed by atoms with Gasteiger partial charge in [0.25, 0.3) is 0 Å². The molecule has 0 aromatic heterocycles. The van der Waals surface area contributed by atoms with Crippen LogP contribution < -0.4 is 4.90 Å². The van der Waals surface area contributed by atoms with E-state index in [1.54, 1.807) is 0 Å². The van der Waals surface area contributed by atoms with E-state index in [0.29, 0.717) is 0 Å². The predicted molar refractivity (Wildman–Crippen MR) is 68.3 cm³/mol. The number of nitrogens with zero attached hydrogens (tertiary/aromatic N) is 1. The predicted octanol–water partition coefficient (Wildman–Crippen LogP) is 3.65. The van der Waals surface area contributed by atoms with Crippen molar-refractivity contribution in [2.45, 2.75) is 13.8 Å². The minimum atomic E-state index is 0.963. The van der Waals surface area contributed by atoms with Crippen molar-refractivity contribution in [3.8, 4) is 0 Å². The molecule has 0 aliphatic carbocycles. The lowest BCUT2D eigenvalue weighted by Gasteiger charge is -2.21. The molecule has 0 spiro atoms. The summed E-state index contributed by atoms with van der Waals surface area (Å²) in [6.07, 6.45) is 8.53. The molecule has 0 aliphatic heterocycles. The van der Waals surface area contributed by atoms with E-state index in [2.05, 4.69) is 67.3 Å². The Morgan fingerprint density at radius 3 is 1.93 bits per heavy atom. The number of hydrogen-bond acceptors (Lipinski definition) is 1. The molecule has 1 rings (SSSR count). The van der Waals surface area contributed by atoms with Gasteiger partial charge in [0.15, 0.2) is 0 Å². The van der Waals surface area contributed by atoms with Crippen LogP contribution >= 0.6 is 0 Å². The Balaban J connectivity index is 2.71. The zero-order valence-corrected chi connectivity index (χ0v) is 9.56. The summed E-state index contributed by atoms with van der Waals surface area (Å²) in [4.78, 5) is 2.33. The van der Waals surface area contributed by atoms with E-state index in [1.807, 2.05) is 6.07 Å². The smallest absolute Gasteiger partial charge is 0.0371 e. The summed E-state index contributed by atoms with van der Waals surface area (Å²) in [5.41, 5.74) is 1.27. The third-order valence-corrected chi connectivity index (χ3v) is 2.24. The van der Waals surface area contributed by atoms with Crippen LogP contribution in [-0.2, 0) is 0 Å². The second kappa shape index (κ2) is 6.88. The Labute approximate surface area is 92.7 Å². The molecule has 1 aromatic carbocycles. The zero-order valence-electron chi connectivity index (χ0n) is 9.56. The Kier molecular flexibility index (Phi) is 5.31. The third kappa shape index (κ3) is 4.03. The van der Waals surface area contributed by atoms with Crippen molar-refractivity contribution in [2.24, 2.45) is 0 Å².